The smallest absolute Gasteiger partial charge is 0.308 e. The van der Waals surface area contributed by atoms with Gasteiger partial charge in [0.1, 0.15) is 6.04 Å². The summed E-state index contributed by atoms with van der Waals surface area (Å²) in [5, 5.41) is 12.3. The number of rotatable bonds is 2. The molecule has 0 aliphatic carbocycles. The largest absolute Gasteiger partial charge is 0.481 e. The molecule has 5 nitrogen and oxygen atoms in total. The molecule has 0 aromatic heterocycles. The highest BCUT2D eigenvalue weighted by molar-refractivity contribution is 5.88. The molecule has 5 heteroatoms. The van der Waals surface area contributed by atoms with Gasteiger partial charge in [0.05, 0.1) is 5.92 Å². The topological polar surface area (TPSA) is 69.6 Å². The predicted octanol–water partition coefficient (Wildman–Crippen LogP) is 1.35. The number of likely N-dealkylation sites (tertiary alicyclic amines) is 1. The lowest BCUT2D eigenvalue weighted by Crippen LogP contribution is -2.48. The van der Waals surface area contributed by atoms with Gasteiger partial charge in [-0.3, -0.25) is 9.59 Å². The Hall–Kier alpha value is -2.04. The van der Waals surface area contributed by atoms with Crippen LogP contribution in [0.1, 0.15) is 18.4 Å². The highest BCUT2D eigenvalue weighted by Crippen LogP contribution is 2.27. The first-order valence-corrected chi connectivity index (χ1v) is 7.01. The molecule has 0 radical (unpaired) electrons. The highest BCUT2D eigenvalue weighted by Gasteiger charge is 2.34. The quantitative estimate of drug-likeness (QED) is 0.854. The number of carbonyl (C=O) groups is 2. The van der Waals surface area contributed by atoms with Gasteiger partial charge >= 0.3 is 5.97 Å². The van der Waals surface area contributed by atoms with Gasteiger partial charge in [0.15, 0.2) is 0 Å². The van der Waals surface area contributed by atoms with Gasteiger partial charge in [0.2, 0.25) is 5.91 Å². The number of aliphatic carboxylic acids is 1. The number of benzene rings is 1. The number of anilines is 1. The van der Waals surface area contributed by atoms with Gasteiger partial charge < -0.3 is 15.3 Å². The molecule has 2 N–H and O–H groups in total. The third-order valence-corrected chi connectivity index (χ3v) is 4.15. The van der Waals surface area contributed by atoms with Crippen LogP contribution in [0.2, 0.25) is 0 Å². The van der Waals surface area contributed by atoms with Gasteiger partial charge in [0.25, 0.3) is 0 Å². The van der Waals surface area contributed by atoms with Crippen LogP contribution < -0.4 is 5.32 Å². The molecule has 1 aromatic rings. The van der Waals surface area contributed by atoms with E-state index in [9.17, 15) is 9.59 Å². The summed E-state index contributed by atoms with van der Waals surface area (Å²) >= 11 is 0. The van der Waals surface area contributed by atoms with Crippen LogP contribution in [0.5, 0.6) is 0 Å². The number of carboxylic acids is 1. The Bertz CT molecular complexity index is 519. The lowest BCUT2D eigenvalue weighted by molar-refractivity contribution is -0.145. The van der Waals surface area contributed by atoms with Crippen LogP contribution in [0.4, 0.5) is 5.69 Å². The second-order valence-corrected chi connectivity index (χ2v) is 5.52. The molecule has 0 unspecified atom stereocenters. The van der Waals surface area contributed by atoms with Crippen molar-refractivity contribution in [3.63, 3.8) is 0 Å². The average Bonchev–Trinajstić information content (AvgIpc) is 2.90. The number of nitrogens with zero attached hydrogens (tertiary/aromatic N) is 1. The Balaban J connectivity index is 1.67. The van der Waals surface area contributed by atoms with Crippen LogP contribution in [0.25, 0.3) is 0 Å². The lowest BCUT2D eigenvalue weighted by atomic mass is 9.97. The van der Waals surface area contributed by atoms with E-state index < -0.39 is 11.9 Å². The van der Waals surface area contributed by atoms with Crippen molar-refractivity contribution in [2.75, 3.05) is 18.4 Å². The third kappa shape index (κ3) is 2.35. The van der Waals surface area contributed by atoms with E-state index >= 15 is 0 Å². The van der Waals surface area contributed by atoms with Crippen molar-refractivity contribution < 1.29 is 14.7 Å². The number of hydrogen-bond donors (Lipinski definition) is 2. The Morgan fingerprint density at radius 1 is 1.30 bits per heavy atom. The minimum atomic E-state index is -0.801. The minimum Gasteiger partial charge on any atom is -0.481 e. The average molecular weight is 274 g/mol. The van der Waals surface area contributed by atoms with Crippen molar-refractivity contribution in [3.05, 3.63) is 29.8 Å². The van der Waals surface area contributed by atoms with E-state index in [0.717, 1.165) is 17.7 Å². The maximum absolute atomic E-state index is 12.5. The van der Waals surface area contributed by atoms with Gasteiger partial charge in [-0.2, -0.15) is 0 Å². The van der Waals surface area contributed by atoms with Crippen LogP contribution in [0.15, 0.2) is 24.3 Å². The van der Waals surface area contributed by atoms with Crippen LogP contribution in [0, 0.1) is 5.92 Å². The number of carbonyl (C=O) groups excluding carboxylic acids is 1. The van der Waals surface area contributed by atoms with Crippen LogP contribution in [-0.2, 0) is 16.0 Å². The van der Waals surface area contributed by atoms with Crippen LogP contribution in [0.3, 0.4) is 0 Å². The Morgan fingerprint density at radius 2 is 2.10 bits per heavy atom. The molecule has 2 heterocycles. The number of amides is 1. The molecule has 2 atom stereocenters. The molecule has 1 saturated heterocycles. The van der Waals surface area contributed by atoms with Crippen LogP contribution in [-0.4, -0.2) is 41.0 Å². The summed E-state index contributed by atoms with van der Waals surface area (Å²) in [5.41, 5.74) is 2.16. The first-order chi connectivity index (χ1) is 9.65. The standard InChI is InChI=1S/C15H18N2O3/c18-14(17-7-3-5-11(9-17)15(19)20)13-8-10-4-1-2-6-12(10)16-13/h1-2,4,6,11,13,16H,3,5,7-9H2,(H,19,20)/t11-,13-/m0/s1. The monoisotopic (exact) mass is 274 g/mol. The summed E-state index contributed by atoms with van der Waals surface area (Å²) in [7, 11) is 0. The zero-order valence-electron chi connectivity index (χ0n) is 11.2. The summed E-state index contributed by atoms with van der Waals surface area (Å²) < 4.78 is 0. The SMILES string of the molecule is O=C(O)[C@H]1CCCN(C(=O)[C@@H]2Cc3ccccc3N2)C1. The zero-order chi connectivity index (χ0) is 14.1. The molecule has 0 saturated carbocycles. The van der Waals surface area contributed by atoms with Crippen molar-refractivity contribution in [2.24, 2.45) is 5.92 Å². The fourth-order valence-corrected chi connectivity index (χ4v) is 3.05. The third-order valence-electron chi connectivity index (χ3n) is 4.15. The normalized spacial score (nSPS) is 24.9. The van der Waals surface area contributed by atoms with Crippen molar-refractivity contribution in [1.29, 1.82) is 0 Å². The van der Waals surface area contributed by atoms with Gasteiger partial charge in [-0.25, -0.2) is 0 Å². The number of para-hydroxylation sites is 1. The molecule has 1 fully saturated rings. The van der Waals surface area contributed by atoms with Crippen molar-refractivity contribution in [3.8, 4) is 0 Å². The van der Waals surface area contributed by atoms with Gasteiger partial charge in [-0.1, -0.05) is 18.2 Å². The molecule has 2 aliphatic heterocycles. The number of carboxylic acid groups (broad SMARTS) is 1. The molecular formula is C15H18N2O3. The van der Waals surface area contributed by atoms with E-state index in [4.69, 9.17) is 5.11 Å². The van der Waals surface area contributed by atoms with Crippen LogP contribution >= 0.6 is 0 Å². The Labute approximate surface area is 117 Å². The van der Waals surface area contributed by atoms with Gasteiger partial charge in [-0.05, 0) is 24.5 Å². The Morgan fingerprint density at radius 3 is 2.85 bits per heavy atom. The van der Waals surface area contributed by atoms with E-state index in [1.165, 1.54) is 0 Å². The first-order valence-electron chi connectivity index (χ1n) is 7.01. The molecule has 20 heavy (non-hydrogen) atoms. The summed E-state index contributed by atoms with van der Waals surface area (Å²) in [6.45, 7) is 1.000. The maximum Gasteiger partial charge on any atom is 0.308 e. The number of nitrogens with one attached hydrogen (secondary N) is 1. The molecule has 2 aliphatic rings. The second kappa shape index (κ2) is 5.15. The predicted molar refractivity (Wildman–Crippen MR) is 74.5 cm³/mol. The summed E-state index contributed by atoms with van der Waals surface area (Å²) in [4.78, 5) is 25.3. The molecule has 106 valence electrons. The Kier molecular flexibility index (Phi) is 3.34. The maximum atomic E-state index is 12.5. The summed E-state index contributed by atoms with van der Waals surface area (Å²) in [6, 6.07) is 7.65. The molecule has 1 amide bonds. The fraction of sp³-hybridized carbons (Fsp3) is 0.467. The van der Waals surface area contributed by atoms with Crippen molar-refractivity contribution in [1.82, 2.24) is 4.90 Å². The number of piperidine rings is 1. The highest BCUT2D eigenvalue weighted by atomic mass is 16.4. The molecule has 1 aromatic carbocycles. The first kappa shape index (κ1) is 13.0. The van der Waals surface area contributed by atoms with E-state index in [1.807, 2.05) is 24.3 Å². The van der Waals surface area contributed by atoms with E-state index in [1.54, 1.807) is 4.90 Å². The molecular weight excluding hydrogens is 256 g/mol. The number of hydrogen-bond acceptors (Lipinski definition) is 3. The fourth-order valence-electron chi connectivity index (χ4n) is 3.05. The lowest BCUT2D eigenvalue weighted by Gasteiger charge is -2.32. The molecule has 3 rings (SSSR count). The van der Waals surface area contributed by atoms with E-state index in [-0.39, 0.29) is 11.9 Å². The van der Waals surface area contributed by atoms with Crippen molar-refractivity contribution in [2.45, 2.75) is 25.3 Å². The second-order valence-electron chi connectivity index (χ2n) is 5.52. The summed E-state index contributed by atoms with van der Waals surface area (Å²) in [5.74, 6) is -1.20. The van der Waals surface area contributed by atoms with E-state index in [2.05, 4.69) is 5.32 Å². The molecule has 0 spiro atoms. The minimum absolute atomic E-state index is 0.0205. The summed E-state index contributed by atoms with van der Waals surface area (Å²) in [6.07, 6.45) is 2.11. The van der Waals surface area contributed by atoms with Gasteiger partial charge in [-0.15, -0.1) is 0 Å². The molecule has 0 bridgehead atoms. The van der Waals surface area contributed by atoms with Crippen molar-refractivity contribution >= 4 is 17.6 Å². The zero-order valence-corrected chi connectivity index (χ0v) is 11.2. The van der Waals surface area contributed by atoms with Gasteiger partial charge in [0, 0.05) is 25.2 Å². The van der Waals surface area contributed by atoms with E-state index in [0.29, 0.717) is 25.9 Å². The number of fused-ring (bicyclic) bond motifs is 1.